The van der Waals surface area contributed by atoms with Crippen molar-refractivity contribution in [1.82, 2.24) is 15.2 Å². The van der Waals surface area contributed by atoms with E-state index in [1.807, 2.05) is 30.3 Å². The lowest BCUT2D eigenvalue weighted by Gasteiger charge is -2.30. The van der Waals surface area contributed by atoms with Crippen LogP contribution in [0.2, 0.25) is 0 Å². The second kappa shape index (κ2) is 9.91. The summed E-state index contributed by atoms with van der Waals surface area (Å²) < 4.78 is 11.0. The number of hydrogen-bond donors (Lipinski definition) is 1. The number of likely N-dealkylation sites (tertiary alicyclic amines) is 1. The van der Waals surface area contributed by atoms with E-state index in [9.17, 15) is 4.79 Å². The van der Waals surface area contributed by atoms with E-state index in [0.717, 1.165) is 43.2 Å². The third-order valence-corrected chi connectivity index (χ3v) is 5.89. The molecule has 2 aromatic rings. The average molecular weight is 411 g/mol. The topological polar surface area (TPSA) is 66.9 Å². The number of anilines is 1. The van der Waals surface area contributed by atoms with Crippen molar-refractivity contribution in [1.29, 1.82) is 0 Å². The van der Waals surface area contributed by atoms with Gasteiger partial charge in [-0.1, -0.05) is 18.2 Å². The fourth-order valence-electron chi connectivity index (χ4n) is 4.27. The Labute approximate surface area is 178 Å². The van der Waals surface area contributed by atoms with Crippen LogP contribution >= 0.6 is 0 Å². The van der Waals surface area contributed by atoms with Crippen LogP contribution < -0.4 is 15.0 Å². The molecule has 0 bridgehead atoms. The molecule has 1 N–H and O–H groups in total. The molecule has 1 aromatic carbocycles. The average Bonchev–Trinajstić information content (AvgIpc) is 3.35. The van der Waals surface area contributed by atoms with Gasteiger partial charge in [-0.3, -0.25) is 14.7 Å². The number of methoxy groups -OCH3 is 1. The van der Waals surface area contributed by atoms with Gasteiger partial charge in [0.1, 0.15) is 11.4 Å². The zero-order valence-electron chi connectivity index (χ0n) is 17.5. The molecule has 160 valence electrons. The lowest BCUT2D eigenvalue weighted by Crippen LogP contribution is -2.38. The Bertz CT molecular complexity index is 848. The molecule has 30 heavy (non-hydrogen) atoms. The van der Waals surface area contributed by atoms with Gasteiger partial charge in [0.25, 0.3) is 5.91 Å². The fourth-order valence-corrected chi connectivity index (χ4v) is 4.27. The number of morpholine rings is 1. The number of ether oxygens (including phenoxy) is 2. The molecule has 7 nitrogen and oxygen atoms in total. The summed E-state index contributed by atoms with van der Waals surface area (Å²) in [6, 6.07) is 12.0. The highest BCUT2D eigenvalue weighted by molar-refractivity contribution is 5.93. The standard InChI is InChI=1S/C23H30N4O3/c1-29-22-7-3-2-6-19(22)21(27-10-4-5-11-27)17-25-23(28)20-16-18(8-9-24-20)26-12-14-30-15-13-26/h2-3,6-9,16,21H,4-5,10-15,17H2,1H3,(H,25,28). The summed E-state index contributed by atoms with van der Waals surface area (Å²) in [7, 11) is 1.69. The highest BCUT2D eigenvalue weighted by Gasteiger charge is 2.26. The van der Waals surface area contributed by atoms with Crippen LogP contribution in [0, 0.1) is 0 Å². The first-order valence-corrected chi connectivity index (χ1v) is 10.7. The van der Waals surface area contributed by atoms with E-state index in [1.54, 1.807) is 13.3 Å². The number of amides is 1. The van der Waals surface area contributed by atoms with E-state index >= 15 is 0 Å². The van der Waals surface area contributed by atoms with Gasteiger partial charge in [-0.15, -0.1) is 0 Å². The van der Waals surface area contributed by atoms with E-state index < -0.39 is 0 Å². The van der Waals surface area contributed by atoms with Crippen molar-refractivity contribution in [2.45, 2.75) is 18.9 Å². The van der Waals surface area contributed by atoms with Crippen molar-refractivity contribution in [2.24, 2.45) is 0 Å². The van der Waals surface area contributed by atoms with Crippen LogP contribution in [0.3, 0.4) is 0 Å². The van der Waals surface area contributed by atoms with E-state index in [1.165, 1.54) is 12.8 Å². The van der Waals surface area contributed by atoms with Crippen molar-refractivity contribution in [2.75, 3.05) is 57.9 Å². The van der Waals surface area contributed by atoms with Crippen LogP contribution in [-0.2, 0) is 4.74 Å². The molecule has 7 heteroatoms. The van der Waals surface area contributed by atoms with Gasteiger partial charge in [0.15, 0.2) is 0 Å². The molecule has 0 radical (unpaired) electrons. The molecule has 2 saturated heterocycles. The fraction of sp³-hybridized carbons (Fsp3) is 0.478. The van der Waals surface area contributed by atoms with Gasteiger partial charge >= 0.3 is 0 Å². The van der Waals surface area contributed by atoms with Crippen molar-refractivity contribution in [3.05, 3.63) is 53.9 Å². The highest BCUT2D eigenvalue weighted by atomic mass is 16.5. The summed E-state index contributed by atoms with van der Waals surface area (Å²) in [5, 5.41) is 3.11. The molecule has 1 amide bonds. The Kier molecular flexibility index (Phi) is 6.81. The molecule has 2 aliphatic heterocycles. The molecule has 0 saturated carbocycles. The first kappa shape index (κ1) is 20.6. The summed E-state index contributed by atoms with van der Waals surface area (Å²) >= 11 is 0. The number of carbonyl (C=O) groups is 1. The number of pyridine rings is 1. The number of nitrogens with zero attached hydrogens (tertiary/aromatic N) is 3. The molecule has 3 heterocycles. The van der Waals surface area contributed by atoms with Gasteiger partial charge < -0.3 is 19.7 Å². The van der Waals surface area contributed by atoms with Crippen molar-refractivity contribution < 1.29 is 14.3 Å². The maximum atomic E-state index is 12.9. The summed E-state index contributed by atoms with van der Waals surface area (Å²) in [5.41, 5.74) is 2.57. The summed E-state index contributed by atoms with van der Waals surface area (Å²) in [6.45, 7) is 5.65. The molecule has 2 fully saturated rings. The van der Waals surface area contributed by atoms with E-state index in [2.05, 4.69) is 26.2 Å². The third-order valence-electron chi connectivity index (χ3n) is 5.89. The lowest BCUT2D eigenvalue weighted by molar-refractivity contribution is 0.0932. The van der Waals surface area contributed by atoms with Gasteiger partial charge in [0, 0.05) is 37.1 Å². The van der Waals surface area contributed by atoms with E-state index in [0.29, 0.717) is 25.5 Å². The zero-order chi connectivity index (χ0) is 20.8. The minimum Gasteiger partial charge on any atom is -0.496 e. The molecular weight excluding hydrogens is 380 g/mol. The Balaban J connectivity index is 1.47. The molecular formula is C23H30N4O3. The number of aromatic nitrogens is 1. The maximum absolute atomic E-state index is 12.9. The Hall–Kier alpha value is -2.64. The highest BCUT2D eigenvalue weighted by Crippen LogP contribution is 2.31. The summed E-state index contributed by atoms with van der Waals surface area (Å²) in [5.74, 6) is 0.709. The predicted octanol–water partition coefficient (Wildman–Crippen LogP) is 2.49. The van der Waals surface area contributed by atoms with Crippen LogP contribution in [0.25, 0.3) is 0 Å². The number of hydrogen-bond acceptors (Lipinski definition) is 6. The Morgan fingerprint density at radius 3 is 2.70 bits per heavy atom. The van der Waals surface area contributed by atoms with Gasteiger partial charge in [-0.25, -0.2) is 0 Å². The first-order valence-electron chi connectivity index (χ1n) is 10.7. The number of carbonyl (C=O) groups excluding carboxylic acids is 1. The largest absolute Gasteiger partial charge is 0.496 e. The smallest absolute Gasteiger partial charge is 0.270 e. The van der Waals surface area contributed by atoms with Crippen LogP contribution in [0.5, 0.6) is 5.75 Å². The minimum atomic E-state index is -0.149. The predicted molar refractivity (Wildman–Crippen MR) is 116 cm³/mol. The van der Waals surface area contributed by atoms with Gasteiger partial charge in [-0.05, 0) is 44.1 Å². The lowest BCUT2D eigenvalue weighted by atomic mass is 10.0. The quantitative estimate of drug-likeness (QED) is 0.757. The number of benzene rings is 1. The van der Waals surface area contributed by atoms with E-state index in [4.69, 9.17) is 9.47 Å². The number of nitrogens with one attached hydrogen (secondary N) is 1. The molecule has 2 aliphatic rings. The summed E-state index contributed by atoms with van der Waals surface area (Å²) in [4.78, 5) is 21.9. The molecule has 0 aliphatic carbocycles. The normalized spacial score (nSPS) is 18.2. The van der Waals surface area contributed by atoms with E-state index in [-0.39, 0.29) is 11.9 Å². The molecule has 1 atom stereocenters. The SMILES string of the molecule is COc1ccccc1C(CNC(=O)c1cc(N2CCOCC2)ccn1)N1CCCC1. The second-order valence-corrected chi connectivity index (χ2v) is 7.71. The Morgan fingerprint density at radius 2 is 1.93 bits per heavy atom. The van der Waals surface area contributed by atoms with Gasteiger partial charge in [0.05, 0.1) is 26.4 Å². The Morgan fingerprint density at radius 1 is 1.17 bits per heavy atom. The third kappa shape index (κ3) is 4.74. The molecule has 1 aromatic heterocycles. The molecule has 1 unspecified atom stereocenters. The number of rotatable bonds is 7. The first-order chi connectivity index (χ1) is 14.8. The van der Waals surface area contributed by atoms with Crippen LogP contribution in [0.15, 0.2) is 42.6 Å². The monoisotopic (exact) mass is 410 g/mol. The second-order valence-electron chi connectivity index (χ2n) is 7.71. The molecule has 0 spiro atoms. The summed E-state index contributed by atoms with van der Waals surface area (Å²) in [6.07, 6.45) is 4.07. The van der Waals surface area contributed by atoms with Crippen molar-refractivity contribution >= 4 is 11.6 Å². The van der Waals surface area contributed by atoms with Gasteiger partial charge in [0.2, 0.25) is 0 Å². The van der Waals surface area contributed by atoms with Gasteiger partial charge in [-0.2, -0.15) is 0 Å². The molecule has 4 rings (SSSR count). The zero-order valence-corrected chi connectivity index (χ0v) is 17.5. The van der Waals surface area contributed by atoms with Crippen molar-refractivity contribution in [3.63, 3.8) is 0 Å². The van der Waals surface area contributed by atoms with Crippen molar-refractivity contribution in [3.8, 4) is 5.75 Å². The maximum Gasteiger partial charge on any atom is 0.270 e. The van der Waals surface area contributed by atoms with Crippen LogP contribution in [-0.4, -0.2) is 68.8 Å². The number of para-hydroxylation sites is 1. The van der Waals surface area contributed by atoms with Crippen LogP contribution in [0.4, 0.5) is 5.69 Å². The minimum absolute atomic E-state index is 0.0787. The van der Waals surface area contributed by atoms with Crippen LogP contribution in [0.1, 0.15) is 34.9 Å².